The molecule has 12 heteroatoms. The number of carbonyl (C=O) groups excluding carboxylic acids is 1. The number of fused-ring (bicyclic) bond motifs is 1. The van der Waals surface area contributed by atoms with E-state index in [1.807, 2.05) is 24.3 Å². The number of hydrogen-bond donors (Lipinski definition) is 2. The van der Waals surface area contributed by atoms with Gasteiger partial charge in [-0.1, -0.05) is 24.3 Å². The minimum atomic E-state index is -0.718. The topological polar surface area (TPSA) is 156 Å². The number of carbonyl (C=O) groups is 1. The zero-order valence-corrected chi connectivity index (χ0v) is 15.9. The minimum absolute atomic E-state index is 0.00658. The van der Waals surface area contributed by atoms with Crippen LogP contribution in [0.15, 0.2) is 54.9 Å². The predicted molar refractivity (Wildman–Crippen MR) is 110 cm³/mol. The molecule has 0 spiro atoms. The molecule has 156 valence electrons. The van der Waals surface area contributed by atoms with Gasteiger partial charge in [-0.15, -0.1) is 0 Å². The van der Waals surface area contributed by atoms with Crippen molar-refractivity contribution < 1.29 is 14.6 Å². The quantitative estimate of drug-likeness (QED) is 0.451. The number of nitrogens with zero attached hydrogens (tertiary/aromatic N) is 5. The smallest absolute Gasteiger partial charge is 0.320 e. The Kier molecular flexibility index (Phi) is 5.10. The summed E-state index contributed by atoms with van der Waals surface area (Å²) in [5.41, 5.74) is 5.94. The molecule has 2 heterocycles. The van der Waals surface area contributed by atoms with Crippen molar-refractivity contribution in [3.05, 3.63) is 86.2 Å². The molecule has 0 saturated carbocycles. The van der Waals surface area contributed by atoms with Gasteiger partial charge in [0.2, 0.25) is 11.6 Å². The van der Waals surface area contributed by atoms with Crippen molar-refractivity contribution in [2.75, 3.05) is 16.9 Å². The van der Waals surface area contributed by atoms with Crippen LogP contribution in [0.1, 0.15) is 15.9 Å². The molecular formula is C19H15N7O5. The van der Waals surface area contributed by atoms with E-state index in [4.69, 9.17) is 0 Å². The normalized spacial score (nSPS) is 12.2. The second-order valence-electron chi connectivity index (χ2n) is 6.57. The van der Waals surface area contributed by atoms with Crippen molar-refractivity contribution in [3.63, 3.8) is 0 Å². The van der Waals surface area contributed by atoms with Crippen LogP contribution in [0.2, 0.25) is 0 Å². The van der Waals surface area contributed by atoms with E-state index in [1.54, 1.807) is 4.90 Å². The summed E-state index contributed by atoms with van der Waals surface area (Å²) in [6, 6.07) is 12.6. The van der Waals surface area contributed by atoms with Crippen LogP contribution in [-0.2, 0) is 6.42 Å². The standard InChI is InChI=1S/C19H15N7O5/c27-19(13-5-3-6-14(10-13)25(28)29)23-22-17-16(26(30)31)18(21-11-20-17)24-9-8-12-4-1-2-7-15(12)24/h1-7,10-11H,8-9H2,(H,23,27)(H,20,21,22). The molecule has 1 aliphatic heterocycles. The lowest BCUT2D eigenvalue weighted by atomic mass is 10.2. The van der Waals surface area contributed by atoms with Gasteiger partial charge in [-0.3, -0.25) is 35.9 Å². The molecule has 1 aromatic heterocycles. The monoisotopic (exact) mass is 421 g/mol. The van der Waals surface area contributed by atoms with Crippen molar-refractivity contribution in [2.24, 2.45) is 0 Å². The molecule has 0 atom stereocenters. The SMILES string of the molecule is O=C(NNc1ncnc(N2CCc3ccccc32)c1[N+](=O)[O-])c1cccc([N+](=O)[O-])c1. The molecule has 1 amide bonds. The van der Waals surface area contributed by atoms with Gasteiger partial charge < -0.3 is 4.90 Å². The Hall–Kier alpha value is -4.61. The molecule has 0 bridgehead atoms. The van der Waals surface area contributed by atoms with E-state index in [1.165, 1.54) is 18.2 Å². The second kappa shape index (κ2) is 8.02. The first-order valence-corrected chi connectivity index (χ1v) is 9.11. The third-order valence-corrected chi connectivity index (χ3v) is 4.74. The Bertz CT molecular complexity index is 1200. The molecule has 2 N–H and O–H groups in total. The van der Waals surface area contributed by atoms with Crippen LogP contribution in [0.25, 0.3) is 0 Å². The highest BCUT2D eigenvalue weighted by Gasteiger charge is 2.31. The van der Waals surface area contributed by atoms with Gasteiger partial charge in [0.15, 0.2) is 0 Å². The Balaban J connectivity index is 1.61. The van der Waals surface area contributed by atoms with Crippen LogP contribution in [0.5, 0.6) is 0 Å². The van der Waals surface area contributed by atoms with E-state index in [2.05, 4.69) is 20.8 Å². The highest BCUT2D eigenvalue weighted by atomic mass is 16.6. The fourth-order valence-electron chi connectivity index (χ4n) is 3.33. The van der Waals surface area contributed by atoms with Gasteiger partial charge in [-0.2, -0.15) is 0 Å². The van der Waals surface area contributed by atoms with Gasteiger partial charge in [0.25, 0.3) is 11.6 Å². The first-order chi connectivity index (χ1) is 15.0. The zero-order valence-electron chi connectivity index (χ0n) is 15.9. The molecule has 0 saturated heterocycles. The van der Waals surface area contributed by atoms with Crippen molar-refractivity contribution in [1.29, 1.82) is 0 Å². The third-order valence-electron chi connectivity index (χ3n) is 4.74. The number of non-ortho nitro benzene ring substituents is 1. The predicted octanol–water partition coefficient (Wildman–Crippen LogP) is 2.74. The summed E-state index contributed by atoms with van der Waals surface area (Å²) in [7, 11) is 0. The Morgan fingerprint density at radius 3 is 2.61 bits per heavy atom. The number of rotatable bonds is 6. The Morgan fingerprint density at radius 2 is 1.84 bits per heavy atom. The average molecular weight is 421 g/mol. The number of hydrogen-bond acceptors (Lipinski definition) is 9. The van der Waals surface area contributed by atoms with Crippen molar-refractivity contribution in [2.45, 2.75) is 6.42 Å². The van der Waals surface area contributed by atoms with Crippen molar-refractivity contribution in [1.82, 2.24) is 15.4 Å². The minimum Gasteiger partial charge on any atom is -0.320 e. The fraction of sp³-hybridized carbons (Fsp3) is 0.105. The van der Waals surface area contributed by atoms with Crippen LogP contribution < -0.4 is 15.8 Å². The average Bonchev–Trinajstić information content (AvgIpc) is 3.21. The fourth-order valence-corrected chi connectivity index (χ4v) is 3.33. The Morgan fingerprint density at radius 1 is 1.03 bits per heavy atom. The van der Waals surface area contributed by atoms with E-state index >= 15 is 0 Å². The molecule has 0 aliphatic carbocycles. The summed E-state index contributed by atoms with van der Waals surface area (Å²) in [5.74, 6) is -0.833. The maximum atomic E-state index is 12.4. The zero-order chi connectivity index (χ0) is 22.0. The van der Waals surface area contributed by atoms with Gasteiger partial charge in [-0.25, -0.2) is 9.97 Å². The highest BCUT2D eigenvalue weighted by Crippen LogP contribution is 2.39. The van der Waals surface area contributed by atoms with E-state index in [-0.39, 0.29) is 22.9 Å². The van der Waals surface area contributed by atoms with Crippen molar-refractivity contribution in [3.8, 4) is 0 Å². The van der Waals surface area contributed by atoms with E-state index in [0.717, 1.165) is 23.6 Å². The molecule has 4 rings (SSSR count). The molecule has 0 radical (unpaired) electrons. The third kappa shape index (κ3) is 3.81. The molecule has 1 aliphatic rings. The second-order valence-corrected chi connectivity index (χ2v) is 6.57. The number of para-hydroxylation sites is 1. The van der Waals surface area contributed by atoms with E-state index in [9.17, 15) is 25.0 Å². The van der Waals surface area contributed by atoms with Gasteiger partial charge in [0, 0.05) is 29.9 Å². The first-order valence-electron chi connectivity index (χ1n) is 9.11. The summed E-state index contributed by atoms with van der Waals surface area (Å²) in [4.78, 5) is 43.5. The lowest BCUT2D eigenvalue weighted by Gasteiger charge is -2.19. The van der Waals surface area contributed by atoms with Crippen LogP contribution in [0.3, 0.4) is 0 Å². The number of nitrogens with one attached hydrogen (secondary N) is 2. The lowest BCUT2D eigenvalue weighted by Crippen LogP contribution is -2.30. The van der Waals surface area contributed by atoms with Gasteiger partial charge in [0.05, 0.1) is 9.85 Å². The molecule has 2 aromatic carbocycles. The molecule has 0 unspecified atom stereocenters. The summed E-state index contributed by atoms with van der Waals surface area (Å²) in [6.07, 6.45) is 1.87. The van der Waals surface area contributed by atoms with E-state index in [0.29, 0.717) is 13.0 Å². The van der Waals surface area contributed by atoms with Crippen LogP contribution in [0.4, 0.5) is 28.7 Å². The molecule has 12 nitrogen and oxygen atoms in total. The lowest BCUT2D eigenvalue weighted by molar-refractivity contribution is -0.384. The number of aromatic nitrogens is 2. The largest absolute Gasteiger partial charge is 0.355 e. The first kappa shape index (κ1) is 19.7. The molecule has 0 fully saturated rings. The summed E-state index contributed by atoms with van der Waals surface area (Å²) in [6.45, 7) is 0.511. The number of benzene rings is 2. The summed E-state index contributed by atoms with van der Waals surface area (Å²) < 4.78 is 0. The van der Waals surface area contributed by atoms with Crippen LogP contribution in [-0.4, -0.2) is 32.3 Å². The van der Waals surface area contributed by atoms with Crippen molar-refractivity contribution >= 4 is 34.6 Å². The van der Waals surface area contributed by atoms with Gasteiger partial charge >= 0.3 is 5.69 Å². The number of anilines is 3. The molecule has 31 heavy (non-hydrogen) atoms. The van der Waals surface area contributed by atoms with E-state index < -0.39 is 21.4 Å². The molecular weight excluding hydrogens is 406 g/mol. The van der Waals surface area contributed by atoms with Crippen LogP contribution in [0, 0.1) is 20.2 Å². The van der Waals surface area contributed by atoms with Crippen LogP contribution >= 0.6 is 0 Å². The molecule has 3 aromatic rings. The maximum Gasteiger partial charge on any atom is 0.355 e. The number of hydrazine groups is 1. The number of nitro groups is 2. The highest BCUT2D eigenvalue weighted by molar-refractivity contribution is 5.95. The maximum absolute atomic E-state index is 12.4. The van der Waals surface area contributed by atoms with Gasteiger partial charge in [-0.05, 0) is 24.1 Å². The summed E-state index contributed by atoms with van der Waals surface area (Å²) >= 11 is 0. The number of nitro benzene ring substituents is 1. The summed E-state index contributed by atoms with van der Waals surface area (Å²) in [5, 5.41) is 22.7. The van der Waals surface area contributed by atoms with Gasteiger partial charge in [0.1, 0.15) is 6.33 Å². The Labute approximate surface area is 174 Å². The number of amides is 1.